The van der Waals surface area contributed by atoms with Crippen molar-refractivity contribution in [2.75, 3.05) is 6.61 Å². The van der Waals surface area contributed by atoms with Gasteiger partial charge in [-0.2, -0.15) is 5.10 Å². The number of carbonyl (C=O) groups excluding carboxylic acids is 1. The first-order chi connectivity index (χ1) is 12.2. The summed E-state index contributed by atoms with van der Waals surface area (Å²) in [6.07, 6.45) is 2.70. The topological polar surface area (TPSA) is 50.7 Å². The van der Waals surface area contributed by atoms with Crippen molar-refractivity contribution < 1.29 is 9.53 Å². The van der Waals surface area contributed by atoms with E-state index in [0.717, 1.165) is 25.0 Å². The molecule has 1 amide bonds. The van der Waals surface area contributed by atoms with Crippen LogP contribution in [0.3, 0.4) is 0 Å². The molecule has 2 aromatic rings. The summed E-state index contributed by atoms with van der Waals surface area (Å²) < 4.78 is 5.53. The van der Waals surface area contributed by atoms with Crippen molar-refractivity contribution >= 4 is 11.6 Å². The average molecular weight is 336 g/mol. The zero-order valence-corrected chi connectivity index (χ0v) is 14.8. The normalized spacial score (nSPS) is 13.9. The lowest BCUT2D eigenvalue weighted by atomic mass is 9.99. The second-order valence-electron chi connectivity index (χ2n) is 6.50. The Morgan fingerprint density at radius 3 is 2.36 bits per heavy atom. The zero-order valence-electron chi connectivity index (χ0n) is 14.8. The Kier molecular flexibility index (Phi) is 5.49. The summed E-state index contributed by atoms with van der Waals surface area (Å²) in [5.41, 5.74) is 7.43. The van der Waals surface area contributed by atoms with Crippen LogP contribution in [-0.4, -0.2) is 18.2 Å². The van der Waals surface area contributed by atoms with Gasteiger partial charge in [0, 0.05) is 18.6 Å². The molecule has 0 heterocycles. The van der Waals surface area contributed by atoms with Crippen LogP contribution < -0.4 is 10.2 Å². The van der Waals surface area contributed by atoms with Crippen LogP contribution in [0.1, 0.15) is 42.9 Å². The highest BCUT2D eigenvalue weighted by Crippen LogP contribution is 2.21. The van der Waals surface area contributed by atoms with E-state index in [2.05, 4.69) is 48.6 Å². The van der Waals surface area contributed by atoms with Crippen LogP contribution >= 0.6 is 0 Å². The van der Waals surface area contributed by atoms with Gasteiger partial charge in [-0.1, -0.05) is 50.2 Å². The van der Waals surface area contributed by atoms with Gasteiger partial charge in [0.25, 0.3) is 5.91 Å². The van der Waals surface area contributed by atoms with Crippen LogP contribution in [-0.2, 0) is 17.6 Å². The predicted octanol–water partition coefficient (Wildman–Crippen LogP) is 3.85. The molecule has 0 saturated heterocycles. The maximum Gasteiger partial charge on any atom is 0.277 e. The smallest absolute Gasteiger partial charge is 0.277 e. The molecule has 1 N–H and O–H groups in total. The molecule has 0 bridgehead atoms. The first-order valence-electron chi connectivity index (χ1n) is 8.79. The fourth-order valence-corrected chi connectivity index (χ4v) is 2.93. The molecule has 1 unspecified atom stereocenters. The number of hydrazone groups is 1. The lowest BCUT2D eigenvalue weighted by Crippen LogP contribution is -2.26. The lowest BCUT2D eigenvalue weighted by Gasteiger charge is -2.10. The minimum Gasteiger partial charge on any atom is -0.484 e. The quantitative estimate of drug-likeness (QED) is 0.815. The summed E-state index contributed by atoms with van der Waals surface area (Å²) in [4.78, 5) is 11.9. The maximum atomic E-state index is 11.9. The fraction of sp³-hybridized carbons (Fsp3) is 0.333. The highest BCUT2D eigenvalue weighted by atomic mass is 16.5. The molecule has 0 fully saturated rings. The van der Waals surface area contributed by atoms with Crippen LogP contribution in [0, 0.1) is 0 Å². The Balaban J connectivity index is 1.47. The number of carbonyl (C=O) groups is 1. The first-order valence-corrected chi connectivity index (χ1v) is 8.79. The van der Waals surface area contributed by atoms with Gasteiger partial charge in [-0.15, -0.1) is 0 Å². The second-order valence-corrected chi connectivity index (χ2v) is 6.50. The molecule has 0 spiro atoms. The predicted molar refractivity (Wildman–Crippen MR) is 100 cm³/mol. The van der Waals surface area contributed by atoms with E-state index in [-0.39, 0.29) is 12.5 Å². The average Bonchev–Trinajstić information content (AvgIpc) is 3.07. The maximum absolute atomic E-state index is 11.9. The Morgan fingerprint density at radius 2 is 1.76 bits per heavy atom. The van der Waals surface area contributed by atoms with Gasteiger partial charge in [0.15, 0.2) is 6.61 Å². The molecular formula is C21H24N2O2. The van der Waals surface area contributed by atoms with E-state index >= 15 is 0 Å². The number of fused-ring (bicyclic) bond motifs is 1. The third-order valence-corrected chi connectivity index (χ3v) is 4.68. The minimum atomic E-state index is -0.241. The monoisotopic (exact) mass is 336 g/mol. The van der Waals surface area contributed by atoms with E-state index in [0.29, 0.717) is 11.7 Å². The molecule has 0 aliphatic heterocycles. The Hall–Kier alpha value is -2.62. The molecule has 3 rings (SSSR count). The Labute approximate surface area is 148 Å². The second kappa shape index (κ2) is 7.97. The van der Waals surface area contributed by atoms with E-state index in [1.54, 1.807) is 0 Å². The van der Waals surface area contributed by atoms with Crippen LogP contribution in [0.4, 0.5) is 0 Å². The fourth-order valence-electron chi connectivity index (χ4n) is 2.93. The van der Waals surface area contributed by atoms with Gasteiger partial charge in [0.1, 0.15) is 5.75 Å². The van der Waals surface area contributed by atoms with Crippen molar-refractivity contribution in [1.82, 2.24) is 5.43 Å². The van der Waals surface area contributed by atoms with E-state index in [9.17, 15) is 4.79 Å². The number of benzene rings is 2. The summed E-state index contributed by atoms with van der Waals surface area (Å²) in [6.45, 7) is 4.33. The van der Waals surface area contributed by atoms with Gasteiger partial charge < -0.3 is 4.74 Å². The molecule has 4 nitrogen and oxygen atoms in total. The first kappa shape index (κ1) is 17.2. The summed E-state index contributed by atoms with van der Waals surface area (Å²) >= 11 is 0. The van der Waals surface area contributed by atoms with E-state index in [4.69, 9.17) is 4.74 Å². The van der Waals surface area contributed by atoms with Crippen LogP contribution in [0.25, 0.3) is 0 Å². The standard InChI is InChI=1S/C21H24N2O2/c1-3-15(2)16-8-10-20(11-9-16)25-14-21(24)23-22-19-12-17-6-4-5-7-18(17)13-19/h4-11,15H,3,12-14H2,1-2H3,(H,23,24). The minimum absolute atomic E-state index is 0.0353. The van der Waals surface area contributed by atoms with Crippen molar-refractivity contribution in [3.8, 4) is 5.75 Å². The molecule has 0 aromatic heterocycles. The van der Waals surface area contributed by atoms with Gasteiger partial charge in [0.2, 0.25) is 0 Å². The van der Waals surface area contributed by atoms with Gasteiger partial charge in [0.05, 0.1) is 0 Å². The molecule has 0 radical (unpaired) electrons. The van der Waals surface area contributed by atoms with E-state index < -0.39 is 0 Å². The number of nitrogens with one attached hydrogen (secondary N) is 1. The third kappa shape index (κ3) is 4.47. The largest absolute Gasteiger partial charge is 0.484 e. The molecule has 4 heteroatoms. The number of nitrogens with zero attached hydrogens (tertiary/aromatic N) is 1. The Morgan fingerprint density at radius 1 is 1.12 bits per heavy atom. The van der Waals surface area contributed by atoms with Crippen LogP contribution in [0.15, 0.2) is 53.6 Å². The van der Waals surface area contributed by atoms with E-state index in [1.165, 1.54) is 16.7 Å². The molecule has 2 aromatic carbocycles. The van der Waals surface area contributed by atoms with Crippen molar-refractivity contribution in [3.63, 3.8) is 0 Å². The van der Waals surface area contributed by atoms with Crippen molar-refractivity contribution in [3.05, 3.63) is 65.2 Å². The molecule has 1 atom stereocenters. The highest BCUT2D eigenvalue weighted by Gasteiger charge is 2.16. The van der Waals surface area contributed by atoms with Crippen molar-refractivity contribution in [2.24, 2.45) is 5.10 Å². The van der Waals surface area contributed by atoms with Gasteiger partial charge in [-0.3, -0.25) is 4.79 Å². The highest BCUT2D eigenvalue weighted by molar-refractivity contribution is 5.93. The van der Waals surface area contributed by atoms with Gasteiger partial charge in [-0.25, -0.2) is 5.43 Å². The van der Waals surface area contributed by atoms with Crippen LogP contribution in [0.5, 0.6) is 5.75 Å². The summed E-state index contributed by atoms with van der Waals surface area (Å²) in [5, 5.41) is 4.24. The number of ether oxygens (including phenoxy) is 1. The summed E-state index contributed by atoms with van der Waals surface area (Å²) in [6, 6.07) is 16.2. The number of rotatable bonds is 6. The molecule has 25 heavy (non-hydrogen) atoms. The summed E-state index contributed by atoms with van der Waals surface area (Å²) in [7, 11) is 0. The molecule has 0 saturated carbocycles. The molecular weight excluding hydrogens is 312 g/mol. The van der Waals surface area contributed by atoms with E-state index in [1.807, 2.05) is 24.3 Å². The molecule has 130 valence electrons. The van der Waals surface area contributed by atoms with Crippen molar-refractivity contribution in [1.29, 1.82) is 0 Å². The van der Waals surface area contributed by atoms with Crippen molar-refractivity contribution in [2.45, 2.75) is 39.0 Å². The number of amides is 1. The Bertz CT molecular complexity index is 739. The summed E-state index contributed by atoms with van der Waals surface area (Å²) in [5.74, 6) is 0.987. The zero-order chi connectivity index (χ0) is 17.6. The van der Waals surface area contributed by atoms with Gasteiger partial charge >= 0.3 is 0 Å². The van der Waals surface area contributed by atoms with Gasteiger partial charge in [-0.05, 0) is 41.2 Å². The lowest BCUT2D eigenvalue weighted by molar-refractivity contribution is -0.123. The third-order valence-electron chi connectivity index (χ3n) is 4.68. The molecule has 1 aliphatic rings. The molecule has 1 aliphatic carbocycles. The number of hydrogen-bond acceptors (Lipinski definition) is 3. The SMILES string of the molecule is CCC(C)c1ccc(OCC(=O)NN=C2Cc3ccccc3C2)cc1. The van der Waals surface area contributed by atoms with Crippen LogP contribution in [0.2, 0.25) is 0 Å². The number of hydrogen-bond donors (Lipinski definition) is 1.